The van der Waals surface area contributed by atoms with Gasteiger partial charge in [0.1, 0.15) is 40.2 Å². The van der Waals surface area contributed by atoms with E-state index in [4.69, 9.17) is 18.9 Å². The molecule has 1 heterocycles. The highest BCUT2D eigenvalue weighted by atomic mass is 16.6. The van der Waals surface area contributed by atoms with Crippen LogP contribution in [0.3, 0.4) is 0 Å². The minimum absolute atomic E-state index is 0.0584. The van der Waals surface area contributed by atoms with Crippen molar-refractivity contribution >= 4 is 24.1 Å². The number of hydrogen-bond donors (Lipinski definition) is 3. The molecule has 0 aliphatic rings. The number of amides is 2. The molecule has 2 amide bonds. The quantitative estimate of drug-likeness (QED) is 0.269. The highest BCUT2D eigenvalue weighted by Gasteiger charge is 2.32. The van der Waals surface area contributed by atoms with Crippen molar-refractivity contribution in [1.29, 1.82) is 0 Å². The number of ether oxygens (including phenoxy) is 4. The third-order valence-corrected chi connectivity index (χ3v) is 5.00. The van der Waals surface area contributed by atoms with Crippen LogP contribution in [0.4, 0.5) is 9.59 Å². The molecule has 12 heteroatoms. The number of nitrogens with zero attached hydrogens (tertiary/aromatic N) is 1. The van der Waals surface area contributed by atoms with Gasteiger partial charge in [0.2, 0.25) is 0 Å². The lowest BCUT2D eigenvalue weighted by atomic mass is 9.96. The number of nitrogens with one attached hydrogen (secondary N) is 2. The first kappa shape index (κ1) is 36.5. The van der Waals surface area contributed by atoms with E-state index in [1.54, 1.807) is 83.1 Å². The molecule has 42 heavy (non-hydrogen) atoms. The van der Waals surface area contributed by atoms with E-state index in [-0.39, 0.29) is 25.0 Å². The lowest BCUT2D eigenvalue weighted by Crippen LogP contribution is -2.47. The lowest BCUT2D eigenvalue weighted by Gasteiger charge is -2.27. The molecular formula is C30H49N3O9. The number of hydrogen-bond acceptors (Lipinski definition) is 10. The predicted molar refractivity (Wildman–Crippen MR) is 156 cm³/mol. The number of carbonyl (C=O) groups is 4. The summed E-state index contributed by atoms with van der Waals surface area (Å²) in [4.78, 5) is 55.2. The SMILES string of the molecule is CC(C)(C)OC(=O)NC(CCc1cncc(O)c1CC(NC(=O)OC(C)(C)C)C(=O)OC(C)(C)C)C(=O)OC(C)(C)C. The molecule has 0 aliphatic carbocycles. The molecule has 1 aromatic rings. The van der Waals surface area contributed by atoms with Gasteiger partial charge in [-0.05, 0) is 101 Å². The Morgan fingerprint density at radius 1 is 0.690 bits per heavy atom. The van der Waals surface area contributed by atoms with Gasteiger partial charge in [-0.15, -0.1) is 0 Å². The fourth-order valence-corrected chi connectivity index (χ4v) is 3.56. The van der Waals surface area contributed by atoms with Gasteiger partial charge in [0.05, 0.1) is 6.20 Å². The summed E-state index contributed by atoms with van der Waals surface area (Å²) in [6.45, 7) is 20.4. The molecule has 12 nitrogen and oxygen atoms in total. The van der Waals surface area contributed by atoms with E-state index in [1.165, 1.54) is 12.4 Å². The van der Waals surface area contributed by atoms with Crippen molar-refractivity contribution in [2.24, 2.45) is 0 Å². The van der Waals surface area contributed by atoms with Crippen LogP contribution in [-0.4, -0.2) is 68.7 Å². The maximum atomic E-state index is 13.1. The van der Waals surface area contributed by atoms with Crippen LogP contribution in [0.25, 0.3) is 0 Å². The number of aromatic hydroxyl groups is 1. The number of esters is 2. The van der Waals surface area contributed by atoms with Crippen molar-refractivity contribution in [2.45, 2.75) is 137 Å². The van der Waals surface area contributed by atoms with Gasteiger partial charge < -0.3 is 34.7 Å². The van der Waals surface area contributed by atoms with Gasteiger partial charge in [-0.3, -0.25) is 4.98 Å². The van der Waals surface area contributed by atoms with Crippen LogP contribution in [0.2, 0.25) is 0 Å². The predicted octanol–water partition coefficient (Wildman–Crippen LogP) is 4.73. The van der Waals surface area contributed by atoms with Gasteiger partial charge in [0, 0.05) is 18.2 Å². The molecule has 0 fully saturated rings. The molecule has 0 saturated carbocycles. The Hall–Kier alpha value is -3.57. The summed E-state index contributed by atoms with van der Waals surface area (Å²) in [6, 6.07) is -2.30. The minimum Gasteiger partial charge on any atom is -0.506 e. The molecule has 1 rings (SSSR count). The van der Waals surface area contributed by atoms with Gasteiger partial charge >= 0.3 is 24.1 Å². The van der Waals surface area contributed by atoms with Crippen molar-refractivity contribution < 1.29 is 43.2 Å². The summed E-state index contributed by atoms with van der Waals surface area (Å²) in [5.74, 6) is -1.61. The van der Waals surface area contributed by atoms with Crippen LogP contribution in [0, 0.1) is 0 Å². The molecule has 0 spiro atoms. The van der Waals surface area contributed by atoms with E-state index in [2.05, 4.69) is 15.6 Å². The second-order valence-electron chi connectivity index (χ2n) is 14.0. The van der Waals surface area contributed by atoms with E-state index < -0.39 is 58.6 Å². The van der Waals surface area contributed by atoms with Crippen LogP contribution >= 0.6 is 0 Å². The first-order chi connectivity index (χ1) is 18.8. The van der Waals surface area contributed by atoms with Gasteiger partial charge in [0.25, 0.3) is 0 Å². The van der Waals surface area contributed by atoms with Crippen LogP contribution in [0.15, 0.2) is 12.4 Å². The molecule has 0 bridgehead atoms. The number of pyridine rings is 1. The largest absolute Gasteiger partial charge is 0.506 e. The summed E-state index contributed by atoms with van der Waals surface area (Å²) in [5.41, 5.74) is -2.47. The van der Waals surface area contributed by atoms with Gasteiger partial charge in [-0.1, -0.05) is 0 Å². The molecule has 2 unspecified atom stereocenters. The second kappa shape index (κ2) is 14.1. The Balaban J connectivity index is 3.32. The van der Waals surface area contributed by atoms with Gasteiger partial charge in [-0.25, -0.2) is 19.2 Å². The third-order valence-electron chi connectivity index (χ3n) is 5.00. The van der Waals surface area contributed by atoms with Crippen molar-refractivity contribution in [2.75, 3.05) is 0 Å². The first-order valence-corrected chi connectivity index (χ1v) is 13.9. The number of carbonyl (C=O) groups excluding carboxylic acids is 4. The third kappa shape index (κ3) is 14.9. The van der Waals surface area contributed by atoms with E-state index >= 15 is 0 Å². The molecule has 2 atom stereocenters. The molecule has 0 aliphatic heterocycles. The van der Waals surface area contributed by atoms with Crippen LogP contribution in [0.1, 0.15) is 101 Å². The fraction of sp³-hybridized carbons (Fsp3) is 0.700. The molecule has 0 saturated heterocycles. The zero-order chi connectivity index (χ0) is 32.7. The van der Waals surface area contributed by atoms with Crippen molar-refractivity contribution in [3.8, 4) is 5.75 Å². The number of alkyl carbamates (subject to hydrolysis) is 2. The Kier molecular flexibility index (Phi) is 12.2. The van der Waals surface area contributed by atoms with E-state index in [0.29, 0.717) is 11.1 Å². The zero-order valence-electron chi connectivity index (χ0n) is 27.1. The molecular weight excluding hydrogens is 546 g/mol. The summed E-state index contributed by atoms with van der Waals surface area (Å²) < 4.78 is 21.7. The number of aryl methyl sites for hydroxylation is 1. The summed E-state index contributed by atoms with van der Waals surface area (Å²) >= 11 is 0. The van der Waals surface area contributed by atoms with Crippen molar-refractivity contribution in [3.05, 3.63) is 23.5 Å². The Labute approximate surface area is 249 Å². The normalized spacial score (nSPS) is 13.8. The monoisotopic (exact) mass is 595 g/mol. The van der Waals surface area contributed by atoms with Crippen molar-refractivity contribution in [3.63, 3.8) is 0 Å². The molecule has 1 aromatic heterocycles. The van der Waals surface area contributed by atoms with Crippen molar-refractivity contribution in [1.82, 2.24) is 15.6 Å². The van der Waals surface area contributed by atoms with E-state index in [0.717, 1.165) is 0 Å². The second-order valence-corrected chi connectivity index (χ2v) is 14.0. The van der Waals surface area contributed by atoms with Gasteiger partial charge in [0.15, 0.2) is 0 Å². The highest BCUT2D eigenvalue weighted by Crippen LogP contribution is 2.25. The minimum atomic E-state index is -1.22. The molecule has 3 N–H and O–H groups in total. The van der Waals surface area contributed by atoms with Crippen LogP contribution < -0.4 is 10.6 Å². The first-order valence-electron chi connectivity index (χ1n) is 13.9. The smallest absolute Gasteiger partial charge is 0.408 e. The lowest BCUT2D eigenvalue weighted by molar-refractivity contribution is -0.158. The Morgan fingerprint density at radius 3 is 1.52 bits per heavy atom. The molecule has 0 radical (unpaired) electrons. The highest BCUT2D eigenvalue weighted by molar-refractivity contribution is 5.83. The topological polar surface area (TPSA) is 162 Å². The van der Waals surface area contributed by atoms with Crippen LogP contribution in [0.5, 0.6) is 5.75 Å². The number of rotatable bonds is 9. The Bertz CT molecular complexity index is 1110. The van der Waals surface area contributed by atoms with E-state index in [1.807, 2.05) is 0 Å². The molecule has 0 aromatic carbocycles. The Morgan fingerprint density at radius 2 is 1.10 bits per heavy atom. The van der Waals surface area contributed by atoms with Gasteiger partial charge in [-0.2, -0.15) is 0 Å². The van der Waals surface area contributed by atoms with E-state index in [9.17, 15) is 24.3 Å². The average Bonchev–Trinajstić information content (AvgIpc) is 2.72. The maximum absolute atomic E-state index is 13.1. The average molecular weight is 596 g/mol. The summed E-state index contributed by atoms with van der Waals surface area (Å²) in [6.07, 6.45) is 1.11. The zero-order valence-corrected chi connectivity index (χ0v) is 27.1. The number of aromatic nitrogens is 1. The fourth-order valence-electron chi connectivity index (χ4n) is 3.56. The maximum Gasteiger partial charge on any atom is 0.408 e. The summed E-state index contributed by atoms with van der Waals surface area (Å²) in [5, 5.41) is 15.8. The molecule has 238 valence electrons. The summed E-state index contributed by atoms with van der Waals surface area (Å²) in [7, 11) is 0. The van der Waals surface area contributed by atoms with Crippen LogP contribution in [-0.2, 0) is 41.4 Å². The standard InChI is InChI=1S/C30H49N3O9/c1-27(2,3)39-23(35)20(32-25(37)41-29(7,8)9)14-13-18-16-31-17-22(34)19(18)15-21(24(36)40-28(4,5)6)33-26(38)42-30(10,11)12/h16-17,20-21,34H,13-15H2,1-12H3,(H,32,37)(H,33,38).